The van der Waals surface area contributed by atoms with Gasteiger partial charge in [0.1, 0.15) is 5.39 Å². The molecule has 0 aliphatic rings. The van der Waals surface area contributed by atoms with E-state index >= 15 is 0 Å². The Morgan fingerprint density at radius 1 is 1.30 bits per heavy atom. The summed E-state index contributed by atoms with van der Waals surface area (Å²) in [5.41, 5.74) is 2.03. The van der Waals surface area contributed by atoms with Crippen molar-refractivity contribution in [2.75, 3.05) is 16.8 Å². The predicted octanol–water partition coefficient (Wildman–Crippen LogP) is 3.11. The number of aromatic nitrogens is 6. The summed E-state index contributed by atoms with van der Waals surface area (Å²) in [5.74, 6) is 0.709. The van der Waals surface area contributed by atoms with Gasteiger partial charge in [0.15, 0.2) is 15.1 Å². The molecule has 4 aromatic rings. The number of carbonyl (C=O) groups excluding carboxylic acids is 1. The fraction of sp³-hybridized carbons (Fsp3) is 0.222. The Morgan fingerprint density at radius 3 is 2.97 bits per heavy atom. The second-order valence-corrected chi connectivity index (χ2v) is 9.60. The van der Waals surface area contributed by atoms with Crippen LogP contribution in [0.5, 0.6) is 0 Å². The molecule has 0 radical (unpaired) electrons. The first-order valence-corrected chi connectivity index (χ1v) is 11.8. The third kappa shape index (κ3) is 4.55. The lowest BCUT2D eigenvalue weighted by atomic mass is 10.2. The molecule has 0 fully saturated rings. The lowest BCUT2D eigenvalue weighted by Crippen LogP contribution is -2.15. The number of thioether (sulfide) groups is 2. The summed E-state index contributed by atoms with van der Waals surface area (Å²) >= 11 is 4.03. The van der Waals surface area contributed by atoms with E-state index < -0.39 is 0 Å². The van der Waals surface area contributed by atoms with E-state index in [0.29, 0.717) is 21.3 Å². The predicted molar refractivity (Wildman–Crippen MR) is 120 cm³/mol. The largest absolute Gasteiger partial charge is 0.301 e. The number of anilines is 1. The first-order chi connectivity index (χ1) is 14.5. The molecule has 0 bridgehead atoms. The van der Waals surface area contributed by atoms with E-state index in [-0.39, 0.29) is 17.2 Å². The zero-order chi connectivity index (χ0) is 21.1. The van der Waals surface area contributed by atoms with Gasteiger partial charge in [-0.05, 0) is 30.4 Å². The van der Waals surface area contributed by atoms with Crippen LogP contribution in [0.25, 0.3) is 16.7 Å². The lowest BCUT2D eigenvalue weighted by Gasteiger charge is -2.05. The van der Waals surface area contributed by atoms with E-state index in [1.54, 1.807) is 16.4 Å². The molecule has 0 saturated heterocycles. The highest BCUT2D eigenvalue weighted by Crippen LogP contribution is 2.25. The van der Waals surface area contributed by atoms with Gasteiger partial charge in [0.05, 0.1) is 17.6 Å². The standard InChI is InChI=1S/C18H17N7O2S3/c1-3-28-18-24-23-17(30-18)20-13(26)9-29-16-21-14-12(15(27)22-16)8-19-25(14)11-6-4-5-10(2)7-11/h4-8H,3,9H2,1-2H3,(H,20,23,26)(H,21,22,27). The average molecular weight is 460 g/mol. The van der Waals surface area contributed by atoms with Gasteiger partial charge in [0, 0.05) is 0 Å². The Labute approximate surface area is 183 Å². The number of fused-ring (bicyclic) bond motifs is 1. The second kappa shape index (κ2) is 8.98. The van der Waals surface area contributed by atoms with Crippen LogP contribution in [-0.4, -0.2) is 47.4 Å². The molecule has 0 unspecified atom stereocenters. The Bertz CT molecular complexity index is 1260. The van der Waals surface area contributed by atoms with Crippen molar-refractivity contribution in [2.24, 2.45) is 0 Å². The molecule has 3 aromatic heterocycles. The number of H-pyrrole nitrogens is 1. The van der Waals surface area contributed by atoms with Gasteiger partial charge in [-0.15, -0.1) is 10.2 Å². The number of benzene rings is 1. The van der Waals surface area contributed by atoms with E-state index in [4.69, 9.17) is 0 Å². The fourth-order valence-corrected chi connectivity index (χ4v) is 4.97. The summed E-state index contributed by atoms with van der Waals surface area (Å²) in [4.78, 5) is 31.9. The summed E-state index contributed by atoms with van der Waals surface area (Å²) in [6, 6.07) is 7.76. The van der Waals surface area contributed by atoms with Crippen LogP contribution in [0.4, 0.5) is 5.13 Å². The number of rotatable bonds is 7. The van der Waals surface area contributed by atoms with Gasteiger partial charge < -0.3 is 4.98 Å². The molecule has 2 N–H and O–H groups in total. The van der Waals surface area contributed by atoms with E-state index in [2.05, 4.69) is 30.6 Å². The Hall–Kier alpha value is -2.70. The third-order valence-electron chi connectivity index (χ3n) is 3.92. The van der Waals surface area contributed by atoms with Gasteiger partial charge >= 0.3 is 0 Å². The van der Waals surface area contributed by atoms with Crippen molar-refractivity contribution >= 4 is 56.9 Å². The summed E-state index contributed by atoms with van der Waals surface area (Å²) in [7, 11) is 0. The quantitative estimate of drug-likeness (QED) is 0.246. The molecular weight excluding hydrogens is 442 g/mol. The van der Waals surface area contributed by atoms with Crippen LogP contribution in [-0.2, 0) is 4.79 Å². The van der Waals surface area contributed by atoms with Crippen LogP contribution >= 0.6 is 34.9 Å². The number of hydrogen-bond donors (Lipinski definition) is 2. The summed E-state index contributed by atoms with van der Waals surface area (Å²) in [5, 5.41) is 16.2. The minimum Gasteiger partial charge on any atom is -0.301 e. The van der Waals surface area contributed by atoms with Crippen LogP contribution in [0.15, 0.2) is 44.8 Å². The lowest BCUT2D eigenvalue weighted by molar-refractivity contribution is -0.113. The van der Waals surface area contributed by atoms with Crippen LogP contribution in [0.3, 0.4) is 0 Å². The van der Waals surface area contributed by atoms with Crippen molar-refractivity contribution in [1.82, 2.24) is 29.9 Å². The summed E-state index contributed by atoms with van der Waals surface area (Å²) in [6.45, 7) is 4.01. The fourth-order valence-electron chi connectivity index (χ4n) is 2.65. The van der Waals surface area contributed by atoms with Crippen molar-refractivity contribution in [3.63, 3.8) is 0 Å². The van der Waals surface area contributed by atoms with E-state index in [1.807, 2.05) is 38.1 Å². The molecule has 0 aliphatic carbocycles. The Kier molecular flexibility index (Phi) is 6.16. The van der Waals surface area contributed by atoms with Crippen molar-refractivity contribution in [3.8, 4) is 5.69 Å². The number of amides is 1. The molecule has 0 spiro atoms. The van der Waals surface area contributed by atoms with Gasteiger partial charge in [0.25, 0.3) is 5.56 Å². The van der Waals surface area contributed by atoms with Crippen LogP contribution in [0, 0.1) is 6.92 Å². The molecule has 12 heteroatoms. The molecular formula is C18H17N7O2S3. The van der Waals surface area contributed by atoms with Crippen molar-refractivity contribution in [2.45, 2.75) is 23.3 Å². The van der Waals surface area contributed by atoms with Crippen molar-refractivity contribution < 1.29 is 4.79 Å². The SMILES string of the molecule is CCSc1nnc(NC(=O)CSc2nc3c(cnn3-c3cccc(C)c3)c(=O)[nH]2)s1. The topological polar surface area (TPSA) is 118 Å². The number of aryl methyl sites for hydroxylation is 1. The van der Waals surface area contributed by atoms with Gasteiger partial charge in [-0.2, -0.15) is 5.10 Å². The zero-order valence-electron chi connectivity index (χ0n) is 16.1. The molecule has 0 atom stereocenters. The minimum atomic E-state index is -0.299. The molecule has 30 heavy (non-hydrogen) atoms. The van der Waals surface area contributed by atoms with Crippen molar-refractivity contribution in [3.05, 3.63) is 46.4 Å². The second-order valence-electron chi connectivity index (χ2n) is 6.15. The number of hydrogen-bond acceptors (Lipinski definition) is 9. The van der Waals surface area contributed by atoms with Crippen LogP contribution in [0.1, 0.15) is 12.5 Å². The van der Waals surface area contributed by atoms with Gasteiger partial charge in [-0.1, -0.05) is 53.9 Å². The number of nitrogens with zero attached hydrogens (tertiary/aromatic N) is 5. The van der Waals surface area contributed by atoms with Gasteiger partial charge in [-0.3, -0.25) is 14.9 Å². The molecule has 1 amide bonds. The molecule has 9 nitrogen and oxygen atoms in total. The average Bonchev–Trinajstić information content (AvgIpc) is 3.34. The summed E-state index contributed by atoms with van der Waals surface area (Å²) < 4.78 is 2.43. The molecule has 4 rings (SSSR count). The maximum absolute atomic E-state index is 12.4. The highest BCUT2D eigenvalue weighted by molar-refractivity contribution is 8.01. The van der Waals surface area contributed by atoms with Crippen molar-refractivity contribution in [1.29, 1.82) is 0 Å². The maximum atomic E-state index is 12.4. The van der Waals surface area contributed by atoms with E-state index in [0.717, 1.165) is 33.1 Å². The zero-order valence-corrected chi connectivity index (χ0v) is 18.5. The monoisotopic (exact) mass is 459 g/mol. The van der Waals surface area contributed by atoms with Crippen LogP contribution < -0.4 is 10.9 Å². The van der Waals surface area contributed by atoms with E-state index in [1.165, 1.54) is 17.5 Å². The number of nitrogens with one attached hydrogen (secondary N) is 2. The maximum Gasteiger partial charge on any atom is 0.262 e. The normalized spacial score (nSPS) is 11.1. The summed E-state index contributed by atoms with van der Waals surface area (Å²) in [6.07, 6.45) is 1.49. The number of aromatic amines is 1. The number of carbonyl (C=O) groups is 1. The first kappa shape index (κ1) is 20.6. The van der Waals surface area contributed by atoms with Crippen LogP contribution in [0.2, 0.25) is 0 Å². The molecule has 3 heterocycles. The van der Waals surface area contributed by atoms with Gasteiger partial charge in [-0.25, -0.2) is 9.67 Å². The molecule has 1 aromatic carbocycles. The Balaban J connectivity index is 1.51. The van der Waals surface area contributed by atoms with E-state index in [9.17, 15) is 9.59 Å². The van der Waals surface area contributed by atoms with Gasteiger partial charge in [0.2, 0.25) is 11.0 Å². The molecule has 154 valence electrons. The highest BCUT2D eigenvalue weighted by Gasteiger charge is 2.14. The smallest absolute Gasteiger partial charge is 0.262 e. The molecule has 0 saturated carbocycles. The third-order valence-corrected chi connectivity index (χ3v) is 6.65. The Morgan fingerprint density at radius 2 is 2.17 bits per heavy atom. The minimum absolute atomic E-state index is 0.0723. The molecule has 0 aliphatic heterocycles. The highest BCUT2D eigenvalue weighted by atomic mass is 32.2. The first-order valence-electron chi connectivity index (χ1n) is 8.97.